The summed E-state index contributed by atoms with van der Waals surface area (Å²) in [6.45, 7) is 1.32. The molecule has 9 heteroatoms. The SMILES string of the molecule is C[C@H](CO)[C@@H](O)[C@@H](O)Nc1nc(N)nc(Cl)c1/C=C/c1cccnc1. The van der Waals surface area contributed by atoms with E-state index in [0.717, 1.165) is 5.56 Å². The number of rotatable bonds is 7. The van der Waals surface area contributed by atoms with Gasteiger partial charge in [-0.3, -0.25) is 4.98 Å². The quantitative estimate of drug-likeness (QED) is 0.362. The molecule has 0 spiro atoms. The molecule has 0 amide bonds. The largest absolute Gasteiger partial charge is 0.396 e. The van der Waals surface area contributed by atoms with Crippen molar-refractivity contribution in [2.45, 2.75) is 19.3 Å². The van der Waals surface area contributed by atoms with Gasteiger partial charge in [-0.15, -0.1) is 0 Å². The highest BCUT2D eigenvalue weighted by Crippen LogP contribution is 2.25. The number of nitrogen functional groups attached to an aromatic ring is 1. The summed E-state index contributed by atoms with van der Waals surface area (Å²) in [5.41, 5.74) is 6.83. The Hall–Kier alpha value is -2.26. The van der Waals surface area contributed by atoms with Gasteiger partial charge in [-0.25, -0.2) is 4.98 Å². The number of nitrogens with one attached hydrogen (secondary N) is 1. The van der Waals surface area contributed by atoms with Gasteiger partial charge in [-0.2, -0.15) is 4.98 Å². The maximum absolute atomic E-state index is 10.1. The van der Waals surface area contributed by atoms with E-state index in [4.69, 9.17) is 22.4 Å². The second-order valence-corrected chi connectivity index (χ2v) is 5.85. The average molecular weight is 366 g/mol. The van der Waals surface area contributed by atoms with Crippen LogP contribution in [0.2, 0.25) is 5.15 Å². The van der Waals surface area contributed by atoms with Gasteiger partial charge >= 0.3 is 0 Å². The van der Waals surface area contributed by atoms with E-state index >= 15 is 0 Å². The molecule has 0 fully saturated rings. The molecule has 0 aliphatic carbocycles. The van der Waals surface area contributed by atoms with Crippen LogP contribution in [0, 0.1) is 5.92 Å². The lowest BCUT2D eigenvalue weighted by molar-refractivity contribution is -0.0131. The molecular weight excluding hydrogens is 346 g/mol. The Kier molecular flexibility index (Phi) is 6.65. The Morgan fingerprint density at radius 2 is 2.08 bits per heavy atom. The smallest absolute Gasteiger partial charge is 0.223 e. The molecule has 2 heterocycles. The van der Waals surface area contributed by atoms with Crippen molar-refractivity contribution in [1.82, 2.24) is 15.0 Å². The summed E-state index contributed by atoms with van der Waals surface area (Å²) in [4.78, 5) is 11.9. The summed E-state index contributed by atoms with van der Waals surface area (Å²) in [6, 6.07) is 3.64. The molecule has 0 aromatic carbocycles. The zero-order valence-electron chi connectivity index (χ0n) is 13.5. The van der Waals surface area contributed by atoms with Crippen LogP contribution in [0.4, 0.5) is 11.8 Å². The first-order valence-corrected chi connectivity index (χ1v) is 7.94. The second kappa shape index (κ2) is 8.72. The van der Waals surface area contributed by atoms with Gasteiger partial charge in [-0.05, 0) is 17.7 Å². The minimum atomic E-state index is -1.38. The lowest BCUT2D eigenvalue weighted by Gasteiger charge is -2.24. The summed E-state index contributed by atoms with van der Waals surface area (Å²) in [5.74, 6) is -0.455. The van der Waals surface area contributed by atoms with Crippen LogP contribution in [-0.4, -0.2) is 49.2 Å². The number of halogens is 1. The van der Waals surface area contributed by atoms with E-state index in [0.29, 0.717) is 5.56 Å². The Morgan fingerprint density at radius 3 is 2.72 bits per heavy atom. The summed E-state index contributed by atoms with van der Waals surface area (Å²) in [5, 5.41) is 31.9. The molecule has 2 aromatic rings. The minimum absolute atomic E-state index is 0.0806. The Morgan fingerprint density at radius 1 is 1.32 bits per heavy atom. The van der Waals surface area contributed by atoms with E-state index in [1.54, 1.807) is 37.5 Å². The molecule has 0 aliphatic heterocycles. The molecule has 25 heavy (non-hydrogen) atoms. The molecule has 0 bridgehead atoms. The van der Waals surface area contributed by atoms with E-state index in [1.165, 1.54) is 0 Å². The van der Waals surface area contributed by atoms with Crippen molar-refractivity contribution < 1.29 is 15.3 Å². The fourth-order valence-electron chi connectivity index (χ4n) is 2.01. The van der Waals surface area contributed by atoms with Crippen molar-refractivity contribution in [3.05, 3.63) is 40.8 Å². The van der Waals surface area contributed by atoms with Crippen molar-refractivity contribution in [2.75, 3.05) is 17.7 Å². The predicted molar refractivity (Wildman–Crippen MR) is 96.5 cm³/mol. The molecule has 2 aromatic heterocycles. The number of nitrogens with two attached hydrogens (primary N) is 1. The molecule has 0 saturated carbocycles. The van der Waals surface area contributed by atoms with Crippen LogP contribution >= 0.6 is 11.6 Å². The van der Waals surface area contributed by atoms with Crippen LogP contribution in [0.5, 0.6) is 0 Å². The van der Waals surface area contributed by atoms with Gasteiger partial charge < -0.3 is 26.4 Å². The molecule has 2 rings (SSSR count). The van der Waals surface area contributed by atoms with Crippen molar-refractivity contribution in [3.63, 3.8) is 0 Å². The number of anilines is 2. The first-order valence-electron chi connectivity index (χ1n) is 7.57. The van der Waals surface area contributed by atoms with Crippen LogP contribution in [0.1, 0.15) is 18.1 Å². The number of hydrogen-bond acceptors (Lipinski definition) is 8. The highest BCUT2D eigenvalue weighted by molar-refractivity contribution is 6.31. The van der Waals surface area contributed by atoms with E-state index in [1.807, 2.05) is 6.07 Å². The van der Waals surface area contributed by atoms with E-state index in [2.05, 4.69) is 20.3 Å². The van der Waals surface area contributed by atoms with Crippen molar-refractivity contribution in [2.24, 2.45) is 5.92 Å². The molecule has 6 N–H and O–H groups in total. The van der Waals surface area contributed by atoms with Crippen LogP contribution in [0.3, 0.4) is 0 Å². The number of aromatic nitrogens is 3. The third-order valence-electron chi connectivity index (χ3n) is 3.52. The van der Waals surface area contributed by atoms with Gasteiger partial charge in [0.25, 0.3) is 0 Å². The zero-order valence-corrected chi connectivity index (χ0v) is 14.3. The first kappa shape index (κ1) is 19.1. The lowest BCUT2D eigenvalue weighted by atomic mass is 10.0. The van der Waals surface area contributed by atoms with Crippen LogP contribution in [0.15, 0.2) is 24.5 Å². The average Bonchev–Trinajstić information content (AvgIpc) is 2.60. The summed E-state index contributed by atoms with van der Waals surface area (Å²) in [6.07, 6.45) is 4.13. The van der Waals surface area contributed by atoms with Gasteiger partial charge in [-0.1, -0.05) is 30.7 Å². The van der Waals surface area contributed by atoms with Crippen molar-refractivity contribution in [3.8, 4) is 0 Å². The predicted octanol–water partition coefficient (Wildman–Crippen LogP) is 0.997. The Bertz CT molecular complexity index is 729. The maximum atomic E-state index is 10.1. The third-order valence-corrected chi connectivity index (χ3v) is 3.81. The van der Waals surface area contributed by atoms with Crippen molar-refractivity contribution >= 4 is 35.5 Å². The fraction of sp³-hybridized carbons (Fsp3) is 0.312. The van der Waals surface area contributed by atoms with Gasteiger partial charge in [0.15, 0.2) is 6.23 Å². The molecule has 8 nitrogen and oxygen atoms in total. The van der Waals surface area contributed by atoms with Gasteiger partial charge in [0.2, 0.25) is 5.95 Å². The van der Waals surface area contributed by atoms with Gasteiger partial charge in [0.05, 0.1) is 5.56 Å². The van der Waals surface area contributed by atoms with Crippen LogP contribution < -0.4 is 11.1 Å². The molecule has 3 atom stereocenters. The number of nitrogens with zero attached hydrogens (tertiary/aromatic N) is 3. The second-order valence-electron chi connectivity index (χ2n) is 5.49. The Labute approximate surface area is 150 Å². The lowest BCUT2D eigenvalue weighted by Crippen LogP contribution is -2.39. The summed E-state index contributed by atoms with van der Waals surface area (Å²) in [7, 11) is 0. The van der Waals surface area contributed by atoms with Crippen LogP contribution in [-0.2, 0) is 0 Å². The molecular formula is C16H20ClN5O3. The standard InChI is InChI=1S/C16H20ClN5O3/c1-9(8-23)12(24)15(25)21-14-11(13(17)20-16(18)22-14)5-4-10-3-2-6-19-7-10/h2-7,9,12,15,23-25H,8H2,1H3,(H3,18,20,21,22)/b5-4+/t9-,12-,15-/m1/s1. The van der Waals surface area contributed by atoms with Gasteiger partial charge in [0.1, 0.15) is 17.1 Å². The zero-order chi connectivity index (χ0) is 18.4. The highest BCUT2D eigenvalue weighted by Gasteiger charge is 2.24. The first-order chi connectivity index (χ1) is 11.9. The minimum Gasteiger partial charge on any atom is -0.396 e. The number of hydrogen-bond donors (Lipinski definition) is 5. The van der Waals surface area contributed by atoms with E-state index in [-0.39, 0.29) is 23.5 Å². The normalized spacial score (nSPS) is 15.1. The number of aliphatic hydroxyl groups is 3. The Balaban J connectivity index is 2.29. The molecule has 0 unspecified atom stereocenters. The monoisotopic (exact) mass is 365 g/mol. The molecule has 134 valence electrons. The maximum Gasteiger partial charge on any atom is 0.223 e. The number of aliphatic hydroxyl groups excluding tert-OH is 3. The van der Waals surface area contributed by atoms with E-state index < -0.39 is 18.2 Å². The van der Waals surface area contributed by atoms with Crippen molar-refractivity contribution in [1.29, 1.82) is 0 Å². The highest BCUT2D eigenvalue weighted by atomic mass is 35.5. The summed E-state index contributed by atoms with van der Waals surface area (Å²) < 4.78 is 0. The van der Waals surface area contributed by atoms with Gasteiger partial charge in [0, 0.05) is 24.9 Å². The summed E-state index contributed by atoms with van der Waals surface area (Å²) >= 11 is 6.13. The third kappa shape index (κ3) is 5.10. The molecule has 0 radical (unpaired) electrons. The molecule has 0 saturated heterocycles. The number of pyridine rings is 1. The van der Waals surface area contributed by atoms with Crippen LogP contribution in [0.25, 0.3) is 12.2 Å². The topological polar surface area (TPSA) is 137 Å². The van der Waals surface area contributed by atoms with E-state index in [9.17, 15) is 10.2 Å². The molecule has 0 aliphatic rings. The fourth-order valence-corrected chi connectivity index (χ4v) is 2.25.